The molecule has 0 heterocycles. The Kier molecular flexibility index (Phi) is 57.5. The number of hydrogen-bond donors (Lipinski definition) is 3. The zero-order valence-corrected chi connectivity index (χ0v) is 46.6. The van der Waals surface area contributed by atoms with Crippen molar-refractivity contribution in [2.45, 2.75) is 353 Å². The fourth-order valence-corrected chi connectivity index (χ4v) is 9.73. The Labute approximate surface area is 431 Å². The van der Waals surface area contributed by atoms with Gasteiger partial charge in [0.1, 0.15) is 0 Å². The highest BCUT2D eigenvalue weighted by atomic mass is 16.5. The second-order valence-corrected chi connectivity index (χ2v) is 21.4. The Morgan fingerprint density at radius 2 is 0.725 bits per heavy atom. The number of rotatable bonds is 58. The molecule has 0 aliphatic heterocycles. The van der Waals surface area contributed by atoms with Crippen molar-refractivity contribution in [3.63, 3.8) is 0 Å². The molecule has 0 aliphatic carbocycles. The van der Waals surface area contributed by atoms with Gasteiger partial charge in [-0.25, -0.2) is 0 Å². The van der Waals surface area contributed by atoms with Gasteiger partial charge in [-0.2, -0.15) is 0 Å². The third-order valence-corrected chi connectivity index (χ3v) is 14.5. The summed E-state index contributed by atoms with van der Waals surface area (Å²) in [7, 11) is 0. The van der Waals surface area contributed by atoms with Crippen LogP contribution >= 0.6 is 0 Å². The number of hydrogen-bond acceptors (Lipinski definition) is 5. The maximum atomic E-state index is 12.4. The molecule has 0 aliphatic rings. The van der Waals surface area contributed by atoms with Gasteiger partial charge in [0, 0.05) is 12.8 Å². The fourth-order valence-electron chi connectivity index (χ4n) is 9.73. The molecule has 2 unspecified atom stereocenters. The normalized spacial score (nSPS) is 12.7. The number of carbonyl (C=O) groups is 2. The lowest BCUT2D eigenvalue weighted by Gasteiger charge is -2.22. The SMILES string of the molecule is CCCCCCCCCCCCCC(=O)OCCCCCCCCCCC/C=C\C/C=C\CCCCCCCCCCCCCCCCCC(=O)NC(CO)C(O)CCCCCCCCCCCC. The van der Waals surface area contributed by atoms with Crippen molar-refractivity contribution in [3.8, 4) is 0 Å². The zero-order valence-electron chi connectivity index (χ0n) is 46.6. The van der Waals surface area contributed by atoms with Crippen molar-refractivity contribution in [2.75, 3.05) is 13.2 Å². The van der Waals surface area contributed by atoms with Crippen LogP contribution in [0.1, 0.15) is 341 Å². The molecule has 3 N–H and O–H groups in total. The molecule has 2 atom stereocenters. The first-order chi connectivity index (χ1) is 34.0. The lowest BCUT2D eigenvalue weighted by Crippen LogP contribution is -2.45. The molecule has 408 valence electrons. The number of nitrogens with one attached hydrogen (secondary N) is 1. The second-order valence-electron chi connectivity index (χ2n) is 21.4. The molecule has 0 aromatic heterocycles. The first-order valence-electron chi connectivity index (χ1n) is 31.1. The van der Waals surface area contributed by atoms with E-state index in [-0.39, 0.29) is 18.5 Å². The van der Waals surface area contributed by atoms with Crippen LogP contribution in [-0.2, 0) is 14.3 Å². The first-order valence-corrected chi connectivity index (χ1v) is 31.1. The van der Waals surface area contributed by atoms with Gasteiger partial charge in [-0.05, 0) is 57.8 Å². The summed E-state index contributed by atoms with van der Waals surface area (Å²) in [6.45, 7) is 4.95. The molecule has 0 spiro atoms. The van der Waals surface area contributed by atoms with Gasteiger partial charge in [0.25, 0.3) is 0 Å². The van der Waals surface area contributed by atoms with E-state index >= 15 is 0 Å². The highest BCUT2D eigenvalue weighted by Crippen LogP contribution is 2.17. The first kappa shape index (κ1) is 67.3. The molecular formula is C63H121NO5. The molecule has 0 saturated carbocycles. The predicted octanol–water partition coefficient (Wildman–Crippen LogP) is 19.4. The smallest absolute Gasteiger partial charge is 0.305 e. The van der Waals surface area contributed by atoms with E-state index in [1.54, 1.807) is 0 Å². The van der Waals surface area contributed by atoms with Crippen LogP contribution in [0, 0.1) is 0 Å². The lowest BCUT2D eigenvalue weighted by molar-refractivity contribution is -0.143. The summed E-state index contributed by atoms with van der Waals surface area (Å²) in [5.74, 6) is -0.0219. The average molecular weight is 973 g/mol. The second kappa shape index (κ2) is 58.9. The van der Waals surface area contributed by atoms with Gasteiger partial charge in [0.15, 0.2) is 0 Å². The van der Waals surface area contributed by atoms with E-state index in [1.165, 1.54) is 263 Å². The van der Waals surface area contributed by atoms with Crippen molar-refractivity contribution in [2.24, 2.45) is 0 Å². The Balaban J connectivity index is 3.37. The number of esters is 1. The maximum Gasteiger partial charge on any atom is 0.305 e. The summed E-state index contributed by atoms with van der Waals surface area (Å²) in [6, 6.07) is -0.539. The van der Waals surface area contributed by atoms with Gasteiger partial charge in [-0.3, -0.25) is 9.59 Å². The monoisotopic (exact) mass is 972 g/mol. The third kappa shape index (κ3) is 55.5. The van der Waals surface area contributed by atoms with Gasteiger partial charge in [0.05, 0.1) is 25.4 Å². The summed E-state index contributed by atoms with van der Waals surface area (Å²) >= 11 is 0. The molecular weight excluding hydrogens is 851 g/mol. The molecule has 0 bridgehead atoms. The minimum atomic E-state index is -0.661. The van der Waals surface area contributed by atoms with E-state index in [0.29, 0.717) is 25.9 Å². The molecule has 69 heavy (non-hydrogen) atoms. The van der Waals surface area contributed by atoms with E-state index in [9.17, 15) is 19.8 Å². The highest BCUT2D eigenvalue weighted by Gasteiger charge is 2.20. The Hall–Kier alpha value is -1.66. The number of aliphatic hydroxyl groups excluding tert-OH is 2. The number of amides is 1. The maximum absolute atomic E-state index is 12.4. The summed E-state index contributed by atoms with van der Waals surface area (Å²) in [5, 5.41) is 23.2. The summed E-state index contributed by atoms with van der Waals surface area (Å²) in [6.07, 6.45) is 72.1. The topological polar surface area (TPSA) is 95.9 Å². The lowest BCUT2D eigenvalue weighted by atomic mass is 10.0. The quantitative estimate of drug-likeness (QED) is 0.0321. The molecule has 1 amide bonds. The molecule has 6 heteroatoms. The van der Waals surface area contributed by atoms with E-state index in [0.717, 1.165) is 44.9 Å². The van der Waals surface area contributed by atoms with Crippen molar-refractivity contribution in [1.29, 1.82) is 0 Å². The van der Waals surface area contributed by atoms with Gasteiger partial charge in [-0.15, -0.1) is 0 Å². The minimum absolute atomic E-state index is 0.0130. The fraction of sp³-hybridized carbons (Fsp3) is 0.905. The largest absolute Gasteiger partial charge is 0.466 e. The van der Waals surface area contributed by atoms with Crippen LogP contribution in [0.5, 0.6) is 0 Å². The van der Waals surface area contributed by atoms with Crippen molar-refractivity contribution in [3.05, 3.63) is 24.3 Å². The Morgan fingerprint density at radius 3 is 1.10 bits per heavy atom. The number of aliphatic hydroxyl groups is 2. The molecule has 0 rings (SSSR count). The minimum Gasteiger partial charge on any atom is -0.466 e. The molecule has 0 aromatic rings. The predicted molar refractivity (Wildman–Crippen MR) is 301 cm³/mol. The van der Waals surface area contributed by atoms with E-state index < -0.39 is 12.1 Å². The average Bonchev–Trinajstić information content (AvgIpc) is 3.35. The van der Waals surface area contributed by atoms with Crippen LogP contribution in [0.2, 0.25) is 0 Å². The summed E-state index contributed by atoms with van der Waals surface area (Å²) in [4.78, 5) is 24.4. The molecule has 0 radical (unpaired) electrons. The molecule has 0 fully saturated rings. The van der Waals surface area contributed by atoms with E-state index in [2.05, 4.69) is 43.5 Å². The number of unbranched alkanes of at least 4 members (excludes halogenated alkanes) is 43. The highest BCUT2D eigenvalue weighted by molar-refractivity contribution is 5.76. The standard InChI is InChI=1S/C63H121NO5/c1-3-5-7-9-11-13-36-41-45-49-53-57-63(68)69-58-54-50-46-42-38-35-33-31-29-27-25-23-21-19-17-15-16-18-20-22-24-26-28-30-32-34-37-40-44-48-52-56-62(67)64-60(59-65)61(66)55-51-47-43-39-14-12-10-8-6-4-2/h17,19,23,25,60-61,65-66H,3-16,18,20-22,24,26-59H2,1-2H3,(H,64,67)/b19-17-,25-23-. The van der Waals surface area contributed by atoms with Crippen molar-refractivity contribution in [1.82, 2.24) is 5.32 Å². The van der Waals surface area contributed by atoms with Gasteiger partial charge >= 0.3 is 5.97 Å². The van der Waals surface area contributed by atoms with Crippen LogP contribution in [0.15, 0.2) is 24.3 Å². The zero-order chi connectivity index (χ0) is 50.0. The van der Waals surface area contributed by atoms with E-state index in [1.807, 2.05) is 0 Å². The number of allylic oxidation sites excluding steroid dienone is 4. The van der Waals surface area contributed by atoms with Crippen LogP contribution in [0.4, 0.5) is 0 Å². The van der Waals surface area contributed by atoms with Crippen LogP contribution in [-0.4, -0.2) is 47.4 Å². The molecule has 0 saturated heterocycles. The summed E-state index contributed by atoms with van der Waals surface area (Å²) < 4.78 is 5.46. The number of carbonyl (C=O) groups excluding carboxylic acids is 2. The third-order valence-electron chi connectivity index (χ3n) is 14.5. The summed E-state index contributed by atoms with van der Waals surface area (Å²) in [5.41, 5.74) is 0. The van der Waals surface area contributed by atoms with Gasteiger partial charge in [-0.1, -0.05) is 295 Å². The van der Waals surface area contributed by atoms with Crippen LogP contribution in [0.3, 0.4) is 0 Å². The Morgan fingerprint density at radius 1 is 0.406 bits per heavy atom. The van der Waals surface area contributed by atoms with Crippen LogP contribution < -0.4 is 5.32 Å². The van der Waals surface area contributed by atoms with Crippen LogP contribution in [0.25, 0.3) is 0 Å². The molecule has 0 aromatic carbocycles. The van der Waals surface area contributed by atoms with Crippen molar-refractivity contribution < 1.29 is 24.5 Å². The molecule has 6 nitrogen and oxygen atoms in total. The van der Waals surface area contributed by atoms with Gasteiger partial charge in [0.2, 0.25) is 5.91 Å². The van der Waals surface area contributed by atoms with Gasteiger partial charge < -0.3 is 20.3 Å². The number of ether oxygens (including phenoxy) is 1. The van der Waals surface area contributed by atoms with Crippen molar-refractivity contribution >= 4 is 11.9 Å². The van der Waals surface area contributed by atoms with E-state index in [4.69, 9.17) is 4.74 Å². The Bertz CT molecular complexity index is 1080.